The van der Waals surface area contributed by atoms with Gasteiger partial charge in [0.25, 0.3) is 0 Å². The van der Waals surface area contributed by atoms with Crippen LogP contribution >= 0.6 is 0 Å². The van der Waals surface area contributed by atoms with Crippen molar-refractivity contribution in [2.45, 2.75) is 47.1 Å². The largest absolute Gasteiger partial charge is 0.489 e. The van der Waals surface area contributed by atoms with Crippen LogP contribution in [0.1, 0.15) is 37.0 Å². The lowest BCUT2D eigenvalue weighted by Gasteiger charge is -2.15. The minimum atomic E-state index is -0.385. The Morgan fingerprint density at radius 1 is 0.962 bits per heavy atom. The number of para-hydroxylation sites is 2. The van der Waals surface area contributed by atoms with Crippen molar-refractivity contribution in [2.24, 2.45) is 0 Å². The number of amides is 2. The van der Waals surface area contributed by atoms with Crippen molar-refractivity contribution in [1.82, 2.24) is 0 Å². The second kappa shape index (κ2) is 8.52. The number of hydrogen-bond donors (Lipinski definition) is 2. The molecule has 2 aromatic carbocycles. The molecule has 0 aromatic heterocycles. The summed E-state index contributed by atoms with van der Waals surface area (Å²) < 4.78 is 5.67. The topological polar surface area (TPSA) is 67.4 Å². The molecule has 0 heterocycles. The first-order valence-electron chi connectivity index (χ1n) is 8.69. The van der Waals surface area contributed by atoms with Crippen LogP contribution in [-0.4, -0.2) is 17.9 Å². The quantitative estimate of drug-likeness (QED) is 0.757. The Morgan fingerprint density at radius 3 is 2.15 bits per heavy atom. The Morgan fingerprint density at radius 2 is 1.54 bits per heavy atom. The number of ether oxygens (including phenoxy) is 1. The maximum Gasteiger partial charge on any atom is 0.233 e. The van der Waals surface area contributed by atoms with Gasteiger partial charge in [-0.25, -0.2) is 0 Å². The summed E-state index contributed by atoms with van der Waals surface area (Å²) in [5.74, 6) is -0.147. The Bertz CT molecular complexity index is 790. The van der Waals surface area contributed by atoms with E-state index < -0.39 is 0 Å². The van der Waals surface area contributed by atoms with Gasteiger partial charge in [-0.15, -0.1) is 0 Å². The molecular weight excluding hydrogens is 328 g/mol. The molecule has 2 aromatic rings. The molecule has 0 unspecified atom stereocenters. The van der Waals surface area contributed by atoms with E-state index in [1.165, 1.54) is 0 Å². The number of carbonyl (C=O) groups is 2. The smallest absolute Gasteiger partial charge is 0.233 e. The van der Waals surface area contributed by atoms with Gasteiger partial charge in [0.1, 0.15) is 12.2 Å². The van der Waals surface area contributed by atoms with Crippen molar-refractivity contribution in [3.8, 4) is 5.75 Å². The highest BCUT2D eigenvalue weighted by Gasteiger charge is 2.14. The molecule has 2 N–H and O–H groups in total. The van der Waals surface area contributed by atoms with Gasteiger partial charge in [0.05, 0.1) is 11.8 Å². The van der Waals surface area contributed by atoms with E-state index in [1.54, 1.807) is 12.1 Å². The van der Waals surface area contributed by atoms with E-state index in [2.05, 4.69) is 10.6 Å². The molecule has 0 saturated carbocycles. The van der Waals surface area contributed by atoms with Crippen molar-refractivity contribution in [1.29, 1.82) is 0 Å². The summed E-state index contributed by atoms with van der Waals surface area (Å²) >= 11 is 0. The van der Waals surface area contributed by atoms with Crippen LogP contribution < -0.4 is 15.4 Å². The van der Waals surface area contributed by atoms with Gasteiger partial charge in [-0.3, -0.25) is 9.59 Å². The van der Waals surface area contributed by atoms with Crippen LogP contribution in [0.25, 0.3) is 0 Å². The molecule has 0 atom stereocenters. The molecule has 5 nitrogen and oxygen atoms in total. The third-order valence-corrected chi connectivity index (χ3v) is 3.79. The Labute approximate surface area is 154 Å². The highest BCUT2D eigenvalue weighted by atomic mass is 16.5. The Balaban J connectivity index is 2.02. The molecule has 0 spiro atoms. The van der Waals surface area contributed by atoms with Gasteiger partial charge in [0.2, 0.25) is 11.8 Å². The van der Waals surface area contributed by atoms with Crippen LogP contribution in [0.4, 0.5) is 11.4 Å². The normalized spacial score (nSPS) is 10.5. The van der Waals surface area contributed by atoms with Crippen molar-refractivity contribution in [3.63, 3.8) is 0 Å². The zero-order valence-electron chi connectivity index (χ0n) is 16.0. The lowest BCUT2D eigenvalue weighted by Crippen LogP contribution is -2.22. The van der Waals surface area contributed by atoms with E-state index in [9.17, 15) is 9.59 Å². The van der Waals surface area contributed by atoms with Gasteiger partial charge in [-0.2, -0.15) is 0 Å². The average molecular weight is 354 g/mol. The fourth-order valence-electron chi connectivity index (χ4n) is 2.83. The molecule has 5 heteroatoms. The van der Waals surface area contributed by atoms with E-state index >= 15 is 0 Å². The lowest BCUT2D eigenvalue weighted by molar-refractivity contribution is -0.123. The van der Waals surface area contributed by atoms with Gasteiger partial charge in [-0.05, 0) is 57.9 Å². The molecule has 0 saturated heterocycles. The molecule has 0 radical (unpaired) electrons. The Hall–Kier alpha value is -2.82. The zero-order valence-corrected chi connectivity index (χ0v) is 16.0. The van der Waals surface area contributed by atoms with Crippen LogP contribution in [-0.2, 0) is 9.59 Å². The van der Waals surface area contributed by atoms with Crippen LogP contribution in [0.3, 0.4) is 0 Å². The molecule has 0 aliphatic carbocycles. The van der Waals surface area contributed by atoms with Crippen LogP contribution in [0.5, 0.6) is 5.75 Å². The predicted octanol–water partition coefficient (Wildman–Crippen LogP) is 4.37. The van der Waals surface area contributed by atoms with E-state index in [-0.39, 0.29) is 24.3 Å². The van der Waals surface area contributed by atoms with E-state index in [0.717, 1.165) is 22.4 Å². The molecule has 138 valence electrons. The van der Waals surface area contributed by atoms with Crippen molar-refractivity contribution in [2.75, 3.05) is 10.6 Å². The van der Waals surface area contributed by atoms with Gasteiger partial charge in [-0.1, -0.05) is 29.8 Å². The molecular formula is C21H26N2O3. The minimum Gasteiger partial charge on any atom is -0.489 e. The summed E-state index contributed by atoms with van der Waals surface area (Å²) in [6.45, 7) is 9.72. The number of carbonyl (C=O) groups excluding carboxylic acids is 2. The summed E-state index contributed by atoms with van der Waals surface area (Å²) in [6.07, 6.45) is -0.271. The summed E-state index contributed by atoms with van der Waals surface area (Å²) in [5, 5.41) is 5.58. The second-order valence-corrected chi connectivity index (χ2v) is 6.71. The summed E-state index contributed by atoms with van der Waals surface area (Å²) in [7, 11) is 0. The lowest BCUT2D eigenvalue weighted by atomic mass is 10.0. The monoisotopic (exact) mass is 354 g/mol. The second-order valence-electron chi connectivity index (χ2n) is 6.71. The van der Waals surface area contributed by atoms with Gasteiger partial charge < -0.3 is 15.4 Å². The van der Waals surface area contributed by atoms with Gasteiger partial charge >= 0.3 is 0 Å². The first kappa shape index (κ1) is 19.5. The van der Waals surface area contributed by atoms with Crippen LogP contribution in [0.2, 0.25) is 0 Å². The van der Waals surface area contributed by atoms with Crippen LogP contribution in [0.15, 0.2) is 36.4 Å². The molecule has 0 bridgehead atoms. The predicted molar refractivity (Wildman–Crippen MR) is 105 cm³/mol. The molecule has 0 fully saturated rings. The molecule has 2 rings (SSSR count). The number of aryl methyl sites for hydroxylation is 3. The van der Waals surface area contributed by atoms with E-state index in [4.69, 9.17) is 4.74 Å². The highest BCUT2D eigenvalue weighted by molar-refractivity contribution is 6.08. The summed E-state index contributed by atoms with van der Waals surface area (Å²) in [6, 6.07) is 11.2. The maximum absolute atomic E-state index is 12.3. The number of rotatable bonds is 6. The van der Waals surface area contributed by atoms with E-state index in [0.29, 0.717) is 11.4 Å². The maximum atomic E-state index is 12.3. The van der Waals surface area contributed by atoms with Crippen LogP contribution in [0, 0.1) is 20.8 Å². The summed E-state index contributed by atoms with van der Waals surface area (Å²) in [5.41, 5.74) is 4.41. The minimum absolute atomic E-state index is 0.0103. The fraction of sp³-hybridized carbons (Fsp3) is 0.333. The number of anilines is 2. The SMILES string of the molecule is Cc1cc(C)c(NC(=O)CC(=O)Nc2ccccc2OC(C)C)c(C)c1. The van der Waals surface area contributed by atoms with Crippen molar-refractivity contribution >= 4 is 23.2 Å². The van der Waals surface area contributed by atoms with E-state index in [1.807, 2.05) is 58.9 Å². The summed E-state index contributed by atoms with van der Waals surface area (Å²) in [4.78, 5) is 24.5. The zero-order chi connectivity index (χ0) is 19.3. The van der Waals surface area contributed by atoms with Gasteiger partial charge in [0.15, 0.2) is 0 Å². The molecule has 26 heavy (non-hydrogen) atoms. The molecule has 0 aliphatic heterocycles. The molecule has 0 aliphatic rings. The average Bonchev–Trinajstić information content (AvgIpc) is 2.52. The third-order valence-electron chi connectivity index (χ3n) is 3.79. The Kier molecular flexibility index (Phi) is 6.39. The first-order valence-corrected chi connectivity index (χ1v) is 8.69. The van der Waals surface area contributed by atoms with Crippen molar-refractivity contribution < 1.29 is 14.3 Å². The number of nitrogens with one attached hydrogen (secondary N) is 2. The third kappa shape index (κ3) is 5.34. The fourth-order valence-corrected chi connectivity index (χ4v) is 2.83. The molecule has 2 amide bonds. The van der Waals surface area contributed by atoms with Crippen molar-refractivity contribution in [3.05, 3.63) is 53.1 Å². The van der Waals surface area contributed by atoms with Gasteiger partial charge in [0, 0.05) is 5.69 Å². The highest BCUT2D eigenvalue weighted by Crippen LogP contribution is 2.25. The standard InChI is InChI=1S/C21H26N2O3/c1-13(2)26-18-9-7-6-8-17(18)22-19(24)12-20(25)23-21-15(4)10-14(3)11-16(21)5/h6-11,13H,12H2,1-5H3,(H,22,24)(H,23,25). The number of hydrogen-bond acceptors (Lipinski definition) is 3. The first-order chi connectivity index (χ1) is 12.3. The number of benzene rings is 2.